The quantitative estimate of drug-likeness (QED) is 0.491. The maximum atomic E-state index is 11.9. The fourth-order valence-corrected chi connectivity index (χ4v) is 2.34. The maximum absolute atomic E-state index is 11.9. The molecule has 2 N–H and O–H groups in total. The number of carbonyl (C=O) groups excluding carboxylic acids is 2. The second-order valence-electron chi connectivity index (χ2n) is 7.64. The first-order valence-corrected chi connectivity index (χ1v) is 9.47. The molecule has 0 aliphatic heterocycles. The molecule has 0 atom stereocenters. The Labute approximate surface area is 153 Å². The molecule has 0 bridgehead atoms. The average Bonchev–Trinajstić information content (AvgIpc) is 2.46. The summed E-state index contributed by atoms with van der Waals surface area (Å²) in [6.45, 7) is 13.3. The predicted octanol–water partition coefficient (Wildman–Crippen LogP) is 3.78. The number of nitrogens with one attached hydrogen (secondary N) is 2. The van der Waals surface area contributed by atoms with Gasteiger partial charge in [-0.15, -0.1) is 0 Å². The Morgan fingerprint density at radius 2 is 1.68 bits per heavy atom. The van der Waals surface area contributed by atoms with Crippen molar-refractivity contribution in [2.24, 2.45) is 0 Å². The van der Waals surface area contributed by atoms with Crippen molar-refractivity contribution in [3.05, 3.63) is 0 Å². The zero-order valence-electron chi connectivity index (χ0n) is 17.0. The molecule has 148 valence electrons. The van der Waals surface area contributed by atoms with E-state index in [1.807, 2.05) is 27.7 Å². The highest BCUT2D eigenvalue weighted by molar-refractivity contribution is 5.76. The topological polar surface area (TPSA) is 76.7 Å². The standard InChI is InChI=1S/C19H38N2O4/c1-7-9-10-11-16(22)21-18(3,4)13-15-25-19(5,6)12-14-20-17(23)24-8-2/h7-15H2,1-6H3,(H,20,23)(H,21,22). The summed E-state index contributed by atoms with van der Waals surface area (Å²) in [7, 11) is 0. The van der Waals surface area contributed by atoms with Gasteiger partial charge in [0.1, 0.15) is 0 Å². The van der Waals surface area contributed by atoms with E-state index in [0.717, 1.165) is 25.7 Å². The second kappa shape index (κ2) is 12.1. The van der Waals surface area contributed by atoms with Gasteiger partial charge in [-0.05, 0) is 53.9 Å². The summed E-state index contributed by atoms with van der Waals surface area (Å²) in [4.78, 5) is 23.2. The van der Waals surface area contributed by atoms with Crippen molar-refractivity contribution in [2.45, 2.75) is 91.2 Å². The summed E-state index contributed by atoms with van der Waals surface area (Å²) in [5.74, 6) is 0.108. The first kappa shape index (κ1) is 23.7. The Balaban J connectivity index is 4.03. The van der Waals surface area contributed by atoms with Gasteiger partial charge in [0.05, 0.1) is 12.2 Å². The molecule has 0 aromatic carbocycles. The van der Waals surface area contributed by atoms with Gasteiger partial charge in [-0.2, -0.15) is 0 Å². The summed E-state index contributed by atoms with van der Waals surface area (Å²) in [5, 5.41) is 5.78. The normalized spacial score (nSPS) is 11.9. The monoisotopic (exact) mass is 358 g/mol. The number of amides is 2. The summed E-state index contributed by atoms with van der Waals surface area (Å²) < 4.78 is 10.8. The van der Waals surface area contributed by atoms with Gasteiger partial charge in [-0.3, -0.25) is 4.79 Å². The molecule has 0 heterocycles. The van der Waals surface area contributed by atoms with Crippen LogP contribution in [0.2, 0.25) is 0 Å². The fraction of sp³-hybridized carbons (Fsp3) is 0.895. The Hall–Kier alpha value is -1.30. The lowest BCUT2D eigenvalue weighted by molar-refractivity contribution is -0.123. The van der Waals surface area contributed by atoms with E-state index in [-0.39, 0.29) is 17.0 Å². The third-order valence-electron chi connectivity index (χ3n) is 3.98. The molecule has 0 radical (unpaired) electrons. The van der Waals surface area contributed by atoms with E-state index < -0.39 is 6.09 Å². The first-order chi connectivity index (χ1) is 11.6. The number of alkyl carbamates (subject to hydrolysis) is 1. The molecule has 0 aliphatic rings. The SMILES string of the molecule is CCCCCC(=O)NC(C)(C)CCOC(C)(C)CCNC(=O)OCC. The molecule has 2 amide bonds. The van der Waals surface area contributed by atoms with Crippen LogP contribution in [0.5, 0.6) is 0 Å². The molecular weight excluding hydrogens is 320 g/mol. The highest BCUT2D eigenvalue weighted by Gasteiger charge is 2.23. The molecule has 25 heavy (non-hydrogen) atoms. The summed E-state index contributed by atoms with van der Waals surface area (Å²) in [6, 6.07) is 0. The number of rotatable bonds is 13. The van der Waals surface area contributed by atoms with Crippen LogP contribution in [0.15, 0.2) is 0 Å². The lowest BCUT2D eigenvalue weighted by atomic mass is 10.00. The lowest BCUT2D eigenvalue weighted by Gasteiger charge is -2.30. The fourth-order valence-electron chi connectivity index (χ4n) is 2.34. The maximum Gasteiger partial charge on any atom is 0.407 e. The van der Waals surface area contributed by atoms with Crippen LogP contribution in [0.3, 0.4) is 0 Å². The predicted molar refractivity (Wildman–Crippen MR) is 101 cm³/mol. The molecule has 6 nitrogen and oxygen atoms in total. The molecule has 0 fully saturated rings. The average molecular weight is 359 g/mol. The van der Waals surface area contributed by atoms with E-state index in [1.165, 1.54) is 0 Å². The summed E-state index contributed by atoms with van der Waals surface area (Å²) >= 11 is 0. The number of unbranched alkanes of at least 4 members (excludes halogenated alkanes) is 2. The molecule has 0 rings (SSSR count). The second-order valence-corrected chi connectivity index (χ2v) is 7.64. The third kappa shape index (κ3) is 13.6. The molecule has 0 aromatic rings. The van der Waals surface area contributed by atoms with Gasteiger partial charge < -0.3 is 20.1 Å². The van der Waals surface area contributed by atoms with Crippen LogP contribution < -0.4 is 10.6 Å². The molecule has 0 saturated heterocycles. The van der Waals surface area contributed by atoms with Gasteiger partial charge in [0.2, 0.25) is 5.91 Å². The van der Waals surface area contributed by atoms with Crippen molar-refractivity contribution >= 4 is 12.0 Å². The van der Waals surface area contributed by atoms with Crippen molar-refractivity contribution in [1.82, 2.24) is 10.6 Å². The molecule has 0 aromatic heterocycles. The van der Waals surface area contributed by atoms with E-state index in [0.29, 0.717) is 32.6 Å². The van der Waals surface area contributed by atoms with Gasteiger partial charge in [-0.25, -0.2) is 4.79 Å². The highest BCUT2D eigenvalue weighted by atomic mass is 16.5. The minimum atomic E-state index is -0.398. The van der Waals surface area contributed by atoms with E-state index in [1.54, 1.807) is 6.92 Å². The Bertz CT molecular complexity index is 395. The van der Waals surface area contributed by atoms with Gasteiger partial charge in [0.15, 0.2) is 0 Å². The Kier molecular flexibility index (Phi) is 11.5. The van der Waals surface area contributed by atoms with Crippen molar-refractivity contribution < 1.29 is 19.1 Å². The first-order valence-electron chi connectivity index (χ1n) is 9.47. The summed E-state index contributed by atoms with van der Waals surface area (Å²) in [6.07, 6.45) is 4.76. The van der Waals surface area contributed by atoms with Crippen LogP contribution >= 0.6 is 0 Å². The summed E-state index contributed by atoms with van der Waals surface area (Å²) in [5.41, 5.74) is -0.636. The van der Waals surface area contributed by atoms with Gasteiger partial charge in [-0.1, -0.05) is 19.8 Å². The Morgan fingerprint density at radius 1 is 1.00 bits per heavy atom. The van der Waals surface area contributed by atoms with Gasteiger partial charge in [0, 0.05) is 25.1 Å². The number of carbonyl (C=O) groups is 2. The minimum Gasteiger partial charge on any atom is -0.450 e. The molecule has 0 unspecified atom stereocenters. The van der Waals surface area contributed by atoms with Crippen LogP contribution in [0.1, 0.15) is 80.1 Å². The smallest absolute Gasteiger partial charge is 0.407 e. The van der Waals surface area contributed by atoms with E-state index >= 15 is 0 Å². The molecule has 0 saturated carbocycles. The number of hydrogen-bond acceptors (Lipinski definition) is 4. The van der Waals surface area contributed by atoms with E-state index in [4.69, 9.17) is 9.47 Å². The Morgan fingerprint density at radius 3 is 2.28 bits per heavy atom. The van der Waals surface area contributed by atoms with Crippen LogP contribution in [0.25, 0.3) is 0 Å². The van der Waals surface area contributed by atoms with Crippen molar-refractivity contribution in [3.63, 3.8) is 0 Å². The number of ether oxygens (including phenoxy) is 2. The van der Waals surface area contributed by atoms with Crippen molar-refractivity contribution in [3.8, 4) is 0 Å². The van der Waals surface area contributed by atoms with E-state index in [2.05, 4.69) is 17.6 Å². The van der Waals surface area contributed by atoms with E-state index in [9.17, 15) is 9.59 Å². The zero-order valence-corrected chi connectivity index (χ0v) is 17.0. The third-order valence-corrected chi connectivity index (χ3v) is 3.98. The van der Waals surface area contributed by atoms with Crippen molar-refractivity contribution in [1.29, 1.82) is 0 Å². The highest BCUT2D eigenvalue weighted by Crippen LogP contribution is 2.17. The van der Waals surface area contributed by atoms with Crippen LogP contribution in [-0.4, -0.2) is 42.9 Å². The zero-order chi connectivity index (χ0) is 19.3. The van der Waals surface area contributed by atoms with Crippen molar-refractivity contribution in [2.75, 3.05) is 19.8 Å². The van der Waals surface area contributed by atoms with Crippen LogP contribution in [0, 0.1) is 0 Å². The largest absolute Gasteiger partial charge is 0.450 e. The molecule has 0 spiro atoms. The van der Waals surface area contributed by atoms with Crippen LogP contribution in [0.4, 0.5) is 4.79 Å². The van der Waals surface area contributed by atoms with Gasteiger partial charge >= 0.3 is 6.09 Å². The molecule has 6 heteroatoms. The molecule has 0 aliphatic carbocycles. The minimum absolute atomic E-state index is 0.108. The van der Waals surface area contributed by atoms with Gasteiger partial charge in [0.25, 0.3) is 0 Å². The lowest BCUT2D eigenvalue weighted by Crippen LogP contribution is -2.44. The molecular formula is C19H38N2O4. The number of hydrogen-bond donors (Lipinski definition) is 2. The van der Waals surface area contributed by atoms with Crippen LogP contribution in [-0.2, 0) is 14.3 Å².